The number of rotatable bonds is 5. The molecular formula is C11H11BrN2O3S. The van der Waals surface area contributed by atoms with E-state index < -0.39 is 5.97 Å². The number of carbonyl (C=O) groups excluding carboxylic acids is 1. The van der Waals surface area contributed by atoms with Gasteiger partial charge in [-0.15, -0.1) is 11.3 Å². The number of halogens is 1. The van der Waals surface area contributed by atoms with Gasteiger partial charge in [0.15, 0.2) is 5.69 Å². The summed E-state index contributed by atoms with van der Waals surface area (Å²) in [5, 5.41) is 4.99. The van der Waals surface area contributed by atoms with Gasteiger partial charge < -0.3 is 14.5 Å². The number of hydrogen-bond acceptors (Lipinski definition) is 6. The maximum absolute atomic E-state index is 11.4. The maximum Gasteiger partial charge on any atom is 0.360 e. The molecule has 0 aromatic carbocycles. The average molecular weight is 331 g/mol. The summed E-state index contributed by atoms with van der Waals surface area (Å²) in [5.41, 5.74) is 0.171. The molecule has 0 atom stereocenters. The van der Waals surface area contributed by atoms with Crippen LogP contribution in [0.5, 0.6) is 0 Å². The second-order valence-corrected chi connectivity index (χ2v) is 5.16. The number of esters is 1. The highest BCUT2D eigenvalue weighted by atomic mass is 79.9. The fraction of sp³-hybridized carbons (Fsp3) is 0.273. The first-order valence-electron chi connectivity index (χ1n) is 5.29. The third-order valence-corrected chi connectivity index (χ3v) is 4.01. The van der Waals surface area contributed by atoms with E-state index in [0.29, 0.717) is 19.2 Å². The zero-order valence-corrected chi connectivity index (χ0v) is 12.0. The number of hydrogen-bond donors (Lipinski definition) is 1. The van der Waals surface area contributed by atoms with E-state index in [2.05, 4.69) is 26.2 Å². The standard InChI is InChI=1S/C11H11BrN2O3S/c1-2-16-10(15)8-6-17-11(14-8)13-5-9-7(12)3-4-18-9/h3-4,6H,2,5H2,1H3,(H,13,14). The predicted molar refractivity (Wildman–Crippen MR) is 71.8 cm³/mol. The quantitative estimate of drug-likeness (QED) is 0.852. The third kappa shape index (κ3) is 3.11. The molecule has 0 radical (unpaired) electrons. The smallest absolute Gasteiger partial charge is 0.360 e. The molecule has 2 heterocycles. The molecule has 5 nitrogen and oxygen atoms in total. The Labute approximate surface area is 116 Å². The van der Waals surface area contributed by atoms with Gasteiger partial charge in [-0.05, 0) is 34.3 Å². The molecule has 2 rings (SSSR count). The Morgan fingerprint density at radius 3 is 3.17 bits per heavy atom. The minimum Gasteiger partial charge on any atom is -0.461 e. The Morgan fingerprint density at radius 2 is 2.50 bits per heavy atom. The van der Waals surface area contributed by atoms with Gasteiger partial charge in [0.1, 0.15) is 6.26 Å². The van der Waals surface area contributed by atoms with Gasteiger partial charge in [-0.2, -0.15) is 4.98 Å². The lowest BCUT2D eigenvalue weighted by atomic mass is 10.5. The van der Waals surface area contributed by atoms with Crippen LogP contribution in [0.3, 0.4) is 0 Å². The lowest BCUT2D eigenvalue weighted by molar-refractivity contribution is 0.0519. The highest BCUT2D eigenvalue weighted by Crippen LogP contribution is 2.23. The van der Waals surface area contributed by atoms with Crippen molar-refractivity contribution in [2.24, 2.45) is 0 Å². The SMILES string of the molecule is CCOC(=O)c1coc(NCc2sccc2Br)n1. The summed E-state index contributed by atoms with van der Waals surface area (Å²) in [6.07, 6.45) is 1.28. The molecule has 0 aliphatic carbocycles. The normalized spacial score (nSPS) is 10.3. The largest absolute Gasteiger partial charge is 0.461 e. The van der Waals surface area contributed by atoms with Crippen molar-refractivity contribution in [2.75, 3.05) is 11.9 Å². The summed E-state index contributed by atoms with van der Waals surface area (Å²) in [7, 11) is 0. The molecule has 0 aliphatic rings. The van der Waals surface area contributed by atoms with Gasteiger partial charge in [0.05, 0.1) is 13.2 Å². The molecule has 0 saturated heterocycles. The summed E-state index contributed by atoms with van der Waals surface area (Å²) in [5.74, 6) is -0.480. The lowest BCUT2D eigenvalue weighted by Crippen LogP contribution is -2.05. The first kappa shape index (κ1) is 13.1. The summed E-state index contributed by atoms with van der Waals surface area (Å²) in [6, 6.07) is 2.28. The zero-order chi connectivity index (χ0) is 13.0. The highest BCUT2D eigenvalue weighted by Gasteiger charge is 2.13. The van der Waals surface area contributed by atoms with Gasteiger partial charge in [-0.3, -0.25) is 0 Å². The molecule has 18 heavy (non-hydrogen) atoms. The van der Waals surface area contributed by atoms with Crippen molar-refractivity contribution < 1.29 is 13.9 Å². The summed E-state index contributed by atoms with van der Waals surface area (Å²) in [4.78, 5) is 16.5. The number of nitrogens with zero attached hydrogens (tertiary/aromatic N) is 1. The molecule has 0 saturated carbocycles. The predicted octanol–water partition coefficient (Wildman–Crippen LogP) is 3.29. The van der Waals surface area contributed by atoms with Crippen LogP contribution in [0, 0.1) is 0 Å². The van der Waals surface area contributed by atoms with E-state index in [-0.39, 0.29) is 5.69 Å². The molecule has 0 fully saturated rings. The highest BCUT2D eigenvalue weighted by molar-refractivity contribution is 9.10. The van der Waals surface area contributed by atoms with Crippen molar-refractivity contribution in [2.45, 2.75) is 13.5 Å². The molecule has 96 valence electrons. The van der Waals surface area contributed by atoms with E-state index in [1.807, 2.05) is 11.4 Å². The van der Waals surface area contributed by atoms with Crippen LogP contribution in [0.2, 0.25) is 0 Å². The Morgan fingerprint density at radius 1 is 1.67 bits per heavy atom. The van der Waals surface area contributed by atoms with Crippen LogP contribution in [-0.2, 0) is 11.3 Å². The number of anilines is 1. The number of carbonyl (C=O) groups is 1. The molecule has 2 aromatic rings. The molecule has 0 bridgehead atoms. The number of nitrogens with one attached hydrogen (secondary N) is 1. The molecule has 1 N–H and O–H groups in total. The summed E-state index contributed by atoms with van der Waals surface area (Å²) in [6.45, 7) is 2.64. The van der Waals surface area contributed by atoms with Gasteiger partial charge in [-0.1, -0.05) is 0 Å². The molecule has 0 unspecified atom stereocenters. The minimum atomic E-state index is -0.480. The van der Waals surface area contributed by atoms with Crippen LogP contribution in [0.25, 0.3) is 0 Å². The Balaban J connectivity index is 1.95. The fourth-order valence-electron chi connectivity index (χ4n) is 1.26. The zero-order valence-electron chi connectivity index (χ0n) is 9.60. The van der Waals surface area contributed by atoms with Crippen molar-refractivity contribution in [3.63, 3.8) is 0 Å². The van der Waals surface area contributed by atoms with Crippen molar-refractivity contribution in [1.82, 2.24) is 4.98 Å². The van der Waals surface area contributed by atoms with Crippen LogP contribution in [0.4, 0.5) is 6.01 Å². The van der Waals surface area contributed by atoms with Crippen molar-refractivity contribution in [3.05, 3.63) is 32.8 Å². The summed E-state index contributed by atoms with van der Waals surface area (Å²) < 4.78 is 11.0. The molecule has 0 amide bonds. The van der Waals surface area contributed by atoms with Gasteiger partial charge in [0, 0.05) is 9.35 Å². The second-order valence-electron chi connectivity index (χ2n) is 3.30. The van der Waals surface area contributed by atoms with E-state index in [4.69, 9.17) is 9.15 Å². The minimum absolute atomic E-state index is 0.171. The lowest BCUT2D eigenvalue weighted by Gasteiger charge is -1.99. The molecule has 2 aromatic heterocycles. The van der Waals surface area contributed by atoms with E-state index in [9.17, 15) is 4.79 Å². The van der Waals surface area contributed by atoms with E-state index >= 15 is 0 Å². The molecule has 0 aliphatic heterocycles. The number of ether oxygens (including phenoxy) is 1. The van der Waals surface area contributed by atoms with Crippen molar-refractivity contribution >= 4 is 39.3 Å². The number of aromatic nitrogens is 1. The van der Waals surface area contributed by atoms with Crippen LogP contribution in [0.15, 0.2) is 26.6 Å². The monoisotopic (exact) mass is 330 g/mol. The Hall–Kier alpha value is -1.34. The van der Waals surface area contributed by atoms with Gasteiger partial charge in [-0.25, -0.2) is 4.79 Å². The number of oxazole rings is 1. The molecule has 0 spiro atoms. The van der Waals surface area contributed by atoms with Crippen LogP contribution in [0.1, 0.15) is 22.3 Å². The maximum atomic E-state index is 11.4. The van der Waals surface area contributed by atoms with E-state index in [1.54, 1.807) is 18.3 Å². The van der Waals surface area contributed by atoms with E-state index in [1.165, 1.54) is 6.26 Å². The third-order valence-electron chi connectivity index (χ3n) is 2.08. The van der Waals surface area contributed by atoms with Crippen molar-refractivity contribution in [1.29, 1.82) is 0 Å². The van der Waals surface area contributed by atoms with Crippen molar-refractivity contribution in [3.8, 4) is 0 Å². The first-order chi connectivity index (χ1) is 8.70. The van der Waals surface area contributed by atoms with E-state index in [0.717, 1.165) is 9.35 Å². The Kier molecular flexibility index (Phi) is 4.38. The van der Waals surface area contributed by atoms with Crippen LogP contribution >= 0.6 is 27.3 Å². The van der Waals surface area contributed by atoms with Gasteiger partial charge in [0.25, 0.3) is 6.01 Å². The second kappa shape index (κ2) is 6.01. The van der Waals surface area contributed by atoms with Crippen LogP contribution < -0.4 is 5.32 Å². The Bertz CT molecular complexity index is 538. The number of thiophene rings is 1. The first-order valence-corrected chi connectivity index (χ1v) is 6.96. The van der Waals surface area contributed by atoms with Gasteiger partial charge >= 0.3 is 5.97 Å². The fourth-order valence-corrected chi connectivity index (χ4v) is 2.69. The molecular weight excluding hydrogens is 320 g/mol. The van der Waals surface area contributed by atoms with Crippen LogP contribution in [-0.4, -0.2) is 17.6 Å². The topological polar surface area (TPSA) is 64.4 Å². The van der Waals surface area contributed by atoms with Gasteiger partial charge in [0.2, 0.25) is 0 Å². The summed E-state index contributed by atoms with van der Waals surface area (Å²) >= 11 is 5.05. The molecule has 7 heteroatoms. The average Bonchev–Trinajstić information content (AvgIpc) is 2.96.